The molecule has 2 aliphatic heterocycles. The van der Waals surface area contributed by atoms with Crippen molar-refractivity contribution in [2.45, 2.75) is 12.8 Å². The molecule has 2 saturated heterocycles. The molecule has 0 radical (unpaired) electrons. The van der Waals surface area contributed by atoms with Gasteiger partial charge in [0.2, 0.25) is 0 Å². The summed E-state index contributed by atoms with van der Waals surface area (Å²) in [5.41, 5.74) is 1.32. The largest absolute Gasteiger partial charge is 0.383 e. The number of nitrogens with zero attached hydrogens (tertiary/aromatic N) is 4. The lowest BCUT2D eigenvalue weighted by Gasteiger charge is -2.38. The number of halogens is 1. The average molecular weight is 501 g/mol. The number of benzene rings is 1. The molecule has 0 spiro atoms. The highest BCUT2D eigenvalue weighted by Gasteiger charge is 2.22. The zero-order chi connectivity index (χ0) is 18.9. The highest BCUT2D eigenvalue weighted by atomic mass is 127. The first-order chi connectivity index (χ1) is 13.3. The lowest BCUT2D eigenvalue weighted by atomic mass is 9.97. The van der Waals surface area contributed by atoms with E-state index in [1.807, 2.05) is 7.05 Å². The highest BCUT2D eigenvalue weighted by Crippen LogP contribution is 2.17. The number of guanidine groups is 1. The van der Waals surface area contributed by atoms with Crippen molar-refractivity contribution in [3.63, 3.8) is 0 Å². The molecule has 0 aromatic heterocycles. The minimum absolute atomic E-state index is 0. The molecule has 1 aromatic carbocycles. The number of ether oxygens (including phenoxy) is 1. The Bertz CT molecular complexity index is 569. The quantitative estimate of drug-likeness (QED) is 0.369. The molecule has 2 fully saturated rings. The molecule has 28 heavy (non-hydrogen) atoms. The predicted octanol–water partition coefficient (Wildman–Crippen LogP) is 2.36. The van der Waals surface area contributed by atoms with E-state index in [-0.39, 0.29) is 24.0 Å². The second kappa shape index (κ2) is 12.5. The van der Waals surface area contributed by atoms with E-state index < -0.39 is 0 Å². The Morgan fingerprint density at radius 2 is 1.75 bits per heavy atom. The third-order valence-electron chi connectivity index (χ3n) is 5.78. The van der Waals surface area contributed by atoms with Crippen LogP contribution in [0, 0.1) is 5.92 Å². The molecule has 0 unspecified atom stereocenters. The van der Waals surface area contributed by atoms with Gasteiger partial charge in [0.05, 0.1) is 6.61 Å². The number of nitrogens with one attached hydrogen (secondary N) is 1. The van der Waals surface area contributed by atoms with Crippen molar-refractivity contribution in [2.24, 2.45) is 10.9 Å². The highest BCUT2D eigenvalue weighted by molar-refractivity contribution is 14.0. The maximum Gasteiger partial charge on any atom is 0.193 e. The zero-order valence-corrected chi connectivity index (χ0v) is 19.7. The maximum atomic E-state index is 5.19. The number of likely N-dealkylation sites (tertiary alicyclic amines) is 1. The summed E-state index contributed by atoms with van der Waals surface area (Å²) in [6, 6.07) is 10.7. The number of anilines is 1. The lowest BCUT2D eigenvalue weighted by Crippen LogP contribution is -2.53. The molecule has 3 rings (SSSR count). The number of piperazine rings is 1. The molecule has 2 heterocycles. The van der Waals surface area contributed by atoms with Crippen LogP contribution in [0.1, 0.15) is 12.8 Å². The molecule has 1 N–H and O–H groups in total. The van der Waals surface area contributed by atoms with E-state index in [0.717, 1.165) is 57.8 Å². The topological polar surface area (TPSA) is 43.3 Å². The maximum absolute atomic E-state index is 5.19. The van der Waals surface area contributed by atoms with Gasteiger partial charge >= 0.3 is 0 Å². The third-order valence-corrected chi connectivity index (χ3v) is 5.78. The van der Waals surface area contributed by atoms with Crippen LogP contribution in [0.3, 0.4) is 0 Å². The molecule has 0 bridgehead atoms. The van der Waals surface area contributed by atoms with Crippen LogP contribution in [0.4, 0.5) is 5.69 Å². The van der Waals surface area contributed by atoms with E-state index in [4.69, 9.17) is 4.74 Å². The minimum atomic E-state index is 0. The molecule has 7 heteroatoms. The fraction of sp³-hybridized carbons (Fsp3) is 0.667. The molecule has 158 valence electrons. The Morgan fingerprint density at radius 3 is 2.36 bits per heavy atom. The monoisotopic (exact) mass is 501 g/mol. The summed E-state index contributed by atoms with van der Waals surface area (Å²) in [5.74, 6) is 1.80. The fourth-order valence-electron chi connectivity index (χ4n) is 4.02. The van der Waals surface area contributed by atoms with Crippen LogP contribution in [0.25, 0.3) is 0 Å². The fourth-order valence-corrected chi connectivity index (χ4v) is 4.02. The molecular formula is C21H36IN5O. The molecule has 0 atom stereocenters. The summed E-state index contributed by atoms with van der Waals surface area (Å²) in [6.45, 7) is 9.42. The summed E-state index contributed by atoms with van der Waals surface area (Å²) < 4.78 is 5.19. The van der Waals surface area contributed by atoms with Crippen molar-refractivity contribution in [3.8, 4) is 0 Å². The van der Waals surface area contributed by atoms with Gasteiger partial charge in [0.1, 0.15) is 0 Å². The van der Waals surface area contributed by atoms with Crippen molar-refractivity contribution < 1.29 is 4.74 Å². The molecule has 6 nitrogen and oxygen atoms in total. The Kier molecular flexibility index (Phi) is 10.4. The minimum Gasteiger partial charge on any atom is -0.383 e. The van der Waals surface area contributed by atoms with E-state index in [1.165, 1.54) is 31.6 Å². The third kappa shape index (κ3) is 6.77. The SMILES string of the molecule is CN=C(NCC1CCN(CCOC)CC1)N1CCN(c2ccccc2)CC1.I. The summed E-state index contributed by atoms with van der Waals surface area (Å²) in [6.07, 6.45) is 2.52. The van der Waals surface area contributed by atoms with Gasteiger partial charge in [0, 0.05) is 59.1 Å². The van der Waals surface area contributed by atoms with Gasteiger partial charge < -0.3 is 24.8 Å². The molecule has 1 aromatic rings. The molecule has 0 saturated carbocycles. The first-order valence-corrected chi connectivity index (χ1v) is 10.3. The number of hydrogen-bond acceptors (Lipinski definition) is 4. The van der Waals surface area contributed by atoms with Crippen molar-refractivity contribution >= 4 is 35.6 Å². The number of hydrogen-bond donors (Lipinski definition) is 1. The summed E-state index contributed by atoms with van der Waals surface area (Å²) in [5, 5.41) is 3.64. The first kappa shape index (κ1) is 23.2. The molecule has 2 aliphatic rings. The second-order valence-corrected chi connectivity index (χ2v) is 7.52. The van der Waals surface area contributed by atoms with E-state index in [2.05, 4.69) is 55.3 Å². The Labute approximate surface area is 187 Å². The van der Waals surface area contributed by atoms with E-state index >= 15 is 0 Å². The number of piperidine rings is 1. The summed E-state index contributed by atoms with van der Waals surface area (Å²) in [7, 11) is 3.68. The normalized spacial score (nSPS) is 19.4. The van der Waals surface area contributed by atoms with Crippen LogP contribution in [0.2, 0.25) is 0 Å². The second-order valence-electron chi connectivity index (χ2n) is 7.52. The number of rotatable bonds is 6. The van der Waals surface area contributed by atoms with Crippen LogP contribution >= 0.6 is 24.0 Å². The van der Waals surface area contributed by atoms with Gasteiger partial charge in [-0.25, -0.2) is 0 Å². The Morgan fingerprint density at radius 1 is 1.07 bits per heavy atom. The Hall–Kier alpha value is -1.06. The Balaban J connectivity index is 0.00000280. The van der Waals surface area contributed by atoms with Gasteiger partial charge in [0.15, 0.2) is 5.96 Å². The number of aliphatic imine (C=N–C) groups is 1. The van der Waals surface area contributed by atoms with Crippen LogP contribution < -0.4 is 10.2 Å². The van der Waals surface area contributed by atoms with Crippen LogP contribution in [0.15, 0.2) is 35.3 Å². The van der Waals surface area contributed by atoms with Crippen molar-refractivity contribution in [1.82, 2.24) is 15.1 Å². The molecular weight excluding hydrogens is 465 g/mol. The lowest BCUT2D eigenvalue weighted by molar-refractivity contribution is 0.120. The van der Waals surface area contributed by atoms with Crippen molar-refractivity contribution in [2.75, 3.05) is 78.0 Å². The number of methoxy groups -OCH3 is 1. The van der Waals surface area contributed by atoms with Crippen LogP contribution in [0.5, 0.6) is 0 Å². The van der Waals surface area contributed by atoms with Gasteiger partial charge in [-0.15, -0.1) is 24.0 Å². The standard InChI is InChI=1S/C21H35N5O.HI/c1-22-21(23-18-19-8-10-24(11-9-19)16-17-27-2)26-14-12-25(13-15-26)20-6-4-3-5-7-20;/h3-7,19H,8-18H2,1-2H3,(H,22,23);1H. The van der Waals surface area contributed by atoms with Crippen LogP contribution in [-0.4, -0.2) is 88.9 Å². The van der Waals surface area contributed by atoms with Crippen molar-refractivity contribution in [1.29, 1.82) is 0 Å². The van der Waals surface area contributed by atoms with Gasteiger partial charge in [0.25, 0.3) is 0 Å². The van der Waals surface area contributed by atoms with Gasteiger partial charge in [-0.2, -0.15) is 0 Å². The van der Waals surface area contributed by atoms with Crippen LogP contribution in [-0.2, 0) is 4.74 Å². The molecule has 0 aliphatic carbocycles. The van der Waals surface area contributed by atoms with Crippen molar-refractivity contribution in [3.05, 3.63) is 30.3 Å². The van der Waals surface area contributed by atoms with Gasteiger partial charge in [-0.05, 0) is 44.0 Å². The zero-order valence-electron chi connectivity index (χ0n) is 17.3. The summed E-state index contributed by atoms with van der Waals surface area (Å²) >= 11 is 0. The van der Waals surface area contributed by atoms with E-state index in [0.29, 0.717) is 0 Å². The van der Waals surface area contributed by atoms with Gasteiger partial charge in [-0.1, -0.05) is 18.2 Å². The molecule has 0 amide bonds. The smallest absolute Gasteiger partial charge is 0.193 e. The van der Waals surface area contributed by atoms with E-state index in [9.17, 15) is 0 Å². The number of para-hydroxylation sites is 1. The van der Waals surface area contributed by atoms with Gasteiger partial charge in [-0.3, -0.25) is 4.99 Å². The first-order valence-electron chi connectivity index (χ1n) is 10.3. The predicted molar refractivity (Wildman–Crippen MR) is 128 cm³/mol. The summed E-state index contributed by atoms with van der Waals surface area (Å²) in [4.78, 5) is 11.9. The van der Waals surface area contributed by atoms with E-state index in [1.54, 1.807) is 7.11 Å². The average Bonchev–Trinajstić information content (AvgIpc) is 2.74.